The first-order valence-corrected chi connectivity index (χ1v) is 6.07. The van der Waals surface area contributed by atoms with Gasteiger partial charge in [0.05, 0.1) is 24.3 Å². The molecule has 1 N–H and O–H groups in total. The summed E-state index contributed by atoms with van der Waals surface area (Å²) in [6.45, 7) is 6.14. The number of hydrogen-bond acceptors (Lipinski definition) is 5. The van der Waals surface area contributed by atoms with E-state index >= 15 is 0 Å². The maximum atomic E-state index is 11.4. The van der Waals surface area contributed by atoms with Crippen molar-refractivity contribution < 1.29 is 14.3 Å². The van der Waals surface area contributed by atoms with E-state index in [9.17, 15) is 4.79 Å². The minimum absolute atomic E-state index is 0.118. The second kappa shape index (κ2) is 8.24. The van der Waals surface area contributed by atoms with Crippen molar-refractivity contribution in [2.75, 3.05) is 27.1 Å². The molecule has 0 heterocycles. The van der Waals surface area contributed by atoms with Gasteiger partial charge in [0.1, 0.15) is 0 Å². The fraction of sp³-hybridized carbons (Fsp3) is 0.545. The molecule has 92 valence electrons. The predicted octanol–water partition coefficient (Wildman–Crippen LogP) is 1.54. The standard InChI is InChI=1S/C11H19NO3S/c1-6-9(11(13)15-4)10(16-5)12-8(2)7-14-3/h6,8,12H,1,7H2,2-5H3/b10-9+. The van der Waals surface area contributed by atoms with E-state index in [2.05, 4.69) is 16.6 Å². The summed E-state index contributed by atoms with van der Waals surface area (Å²) in [5.41, 5.74) is 0.443. The van der Waals surface area contributed by atoms with Gasteiger partial charge in [0.2, 0.25) is 0 Å². The Kier molecular flexibility index (Phi) is 7.76. The average molecular weight is 245 g/mol. The van der Waals surface area contributed by atoms with Gasteiger partial charge in [-0.25, -0.2) is 4.79 Å². The van der Waals surface area contributed by atoms with Gasteiger partial charge in [0.25, 0.3) is 0 Å². The molecule has 0 amide bonds. The molecule has 4 nitrogen and oxygen atoms in total. The Balaban J connectivity index is 4.82. The quantitative estimate of drug-likeness (QED) is 0.419. The van der Waals surface area contributed by atoms with E-state index in [0.717, 1.165) is 5.03 Å². The van der Waals surface area contributed by atoms with Crippen LogP contribution in [-0.4, -0.2) is 39.1 Å². The van der Waals surface area contributed by atoms with E-state index in [1.807, 2.05) is 13.2 Å². The maximum absolute atomic E-state index is 11.4. The number of esters is 1. The van der Waals surface area contributed by atoms with Gasteiger partial charge in [-0.15, -0.1) is 11.8 Å². The molecule has 0 radical (unpaired) electrons. The van der Waals surface area contributed by atoms with Crippen molar-refractivity contribution in [2.45, 2.75) is 13.0 Å². The molecule has 0 aliphatic carbocycles. The number of nitrogens with one attached hydrogen (secondary N) is 1. The molecule has 0 saturated carbocycles. The first kappa shape index (κ1) is 15.1. The summed E-state index contributed by atoms with van der Waals surface area (Å²) in [6.07, 6.45) is 3.37. The van der Waals surface area contributed by atoms with Crippen LogP contribution in [0.5, 0.6) is 0 Å². The molecule has 1 unspecified atom stereocenters. The molecule has 5 heteroatoms. The van der Waals surface area contributed by atoms with Crippen molar-refractivity contribution >= 4 is 17.7 Å². The van der Waals surface area contributed by atoms with E-state index in [1.54, 1.807) is 7.11 Å². The first-order valence-electron chi connectivity index (χ1n) is 4.85. The normalized spacial score (nSPS) is 13.8. The Bertz CT molecular complexity index is 276. The Morgan fingerprint density at radius 1 is 1.56 bits per heavy atom. The minimum atomic E-state index is -0.392. The number of carbonyl (C=O) groups excluding carboxylic acids is 1. The smallest absolute Gasteiger partial charge is 0.340 e. The van der Waals surface area contributed by atoms with Crippen LogP contribution in [0.25, 0.3) is 0 Å². The van der Waals surface area contributed by atoms with Gasteiger partial charge in [-0.1, -0.05) is 12.7 Å². The third-order valence-electron chi connectivity index (χ3n) is 1.85. The summed E-state index contributed by atoms with van der Waals surface area (Å²) in [4.78, 5) is 11.4. The van der Waals surface area contributed by atoms with Crippen LogP contribution in [0.3, 0.4) is 0 Å². The largest absolute Gasteiger partial charge is 0.465 e. The Labute approximate surface area is 101 Å². The first-order chi connectivity index (χ1) is 7.60. The van der Waals surface area contributed by atoms with Crippen molar-refractivity contribution in [1.29, 1.82) is 0 Å². The van der Waals surface area contributed by atoms with E-state index in [-0.39, 0.29) is 6.04 Å². The lowest BCUT2D eigenvalue weighted by atomic mass is 10.2. The third kappa shape index (κ3) is 4.72. The topological polar surface area (TPSA) is 47.6 Å². The SMILES string of the molecule is C=C/C(C(=O)OC)=C(/NC(C)COC)SC. The summed E-state index contributed by atoms with van der Waals surface area (Å²) < 4.78 is 9.69. The number of thioether (sulfide) groups is 1. The second-order valence-electron chi connectivity index (χ2n) is 3.14. The van der Waals surface area contributed by atoms with Crippen LogP contribution < -0.4 is 5.32 Å². The summed E-state index contributed by atoms with van der Waals surface area (Å²) in [5.74, 6) is -0.392. The van der Waals surface area contributed by atoms with E-state index in [1.165, 1.54) is 24.9 Å². The summed E-state index contributed by atoms with van der Waals surface area (Å²) in [6, 6.07) is 0.118. The Morgan fingerprint density at radius 2 is 2.19 bits per heavy atom. The van der Waals surface area contributed by atoms with E-state index < -0.39 is 5.97 Å². The number of rotatable bonds is 7. The van der Waals surface area contributed by atoms with Gasteiger partial charge in [-0.2, -0.15) is 0 Å². The highest BCUT2D eigenvalue weighted by atomic mass is 32.2. The van der Waals surface area contributed by atoms with Gasteiger partial charge in [0, 0.05) is 13.2 Å². The summed E-state index contributed by atoms with van der Waals surface area (Å²) >= 11 is 1.44. The average Bonchev–Trinajstić information content (AvgIpc) is 2.28. The summed E-state index contributed by atoms with van der Waals surface area (Å²) in [5, 5.41) is 3.92. The zero-order valence-corrected chi connectivity index (χ0v) is 11.0. The molecule has 0 aromatic carbocycles. The lowest BCUT2D eigenvalue weighted by molar-refractivity contribution is -0.135. The van der Waals surface area contributed by atoms with Crippen LogP contribution in [0, 0.1) is 0 Å². The van der Waals surface area contributed by atoms with Crippen LogP contribution in [0.1, 0.15) is 6.92 Å². The van der Waals surface area contributed by atoms with Crippen LogP contribution in [-0.2, 0) is 14.3 Å². The molecule has 0 bridgehead atoms. The van der Waals surface area contributed by atoms with Gasteiger partial charge >= 0.3 is 5.97 Å². The minimum Gasteiger partial charge on any atom is -0.465 e. The zero-order chi connectivity index (χ0) is 12.6. The Hall–Kier alpha value is -0.940. The molecular weight excluding hydrogens is 226 g/mol. The molecule has 1 atom stereocenters. The predicted molar refractivity (Wildman–Crippen MR) is 67.2 cm³/mol. The van der Waals surface area contributed by atoms with Gasteiger partial charge in [-0.05, 0) is 13.2 Å². The third-order valence-corrected chi connectivity index (χ3v) is 2.60. The molecule has 0 aromatic rings. The highest BCUT2D eigenvalue weighted by molar-refractivity contribution is 8.02. The van der Waals surface area contributed by atoms with Gasteiger partial charge in [-0.3, -0.25) is 0 Å². The van der Waals surface area contributed by atoms with E-state index in [0.29, 0.717) is 12.2 Å². The number of methoxy groups -OCH3 is 2. The van der Waals surface area contributed by atoms with Gasteiger partial charge < -0.3 is 14.8 Å². The molecule has 0 aliphatic rings. The molecule has 0 saturated heterocycles. The van der Waals surface area contributed by atoms with Crippen LogP contribution >= 0.6 is 11.8 Å². The highest BCUT2D eigenvalue weighted by Crippen LogP contribution is 2.16. The van der Waals surface area contributed by atoms with Crippen molar-refractivity contribution in [3.63, 3.8) is 0 Å². The molecule has 0 fully saturated rings. The monoisotopic (exact) mass is 245 g/mol. The molecule has 0 rings (SSSR count). The van der Waals surface area contributed by atoms with Crippen molar-refractivity contribution in [1.82, 2.24) is 5.32 Å². The van der Waals surface area contributed by atoms with Crippen LogP contribution in [0.2, 0.25) is 0 Å². The lowest BCUT2D eigenvalue weighted by Gasteiger charge is -2.17. The molecule has 0 spiro atoms. The lowest BCUT2D eigenvalue weighted by Crippen LogP contribution is -2.30. The maximum Gasteiger partial charge on any atom is 0.340 e. The molecular formula is C11H19NO3S. The Morgan fingerprint density at radius 3 is 2.56 bits per heavy atom. The molecule has 0 aromatic heterocycles. The zero-order valence-electron chi connectivity index (χ0n) is 10.2. The van der Waals surface area contributed by atoms with Crippen molar-refractivity contribution in [3.05, 3.63) is 23.3 Å². The molecule has 16 heavy (non-hydrogen) atoms. The summed E-state index contributed by atoms with van der Waals surface area (Å²) in [7, 11) is 2.98. The van der Waals surface area contributed by atoms with Crippen molar-refractivity contribution in [3.8, 4) is 0 Å². The fourth-order valence-electron chi connectivity index (χ4n) is 1.14. The van der Waals surface area contributed by atoms with E-state index in [4.69, 9.17) is 4.74 Å². The van der Waals surface area contributed by atoms with Crippen LogP contribution in [0.4, 0.5) is 0 Å². The number of hydrogen-bond donors (Lipinski definition) is 1. The fourth-order valence-corrected chi connectivity index (χ4v) is 1.85. The van der Waals surface area contributed by atoms with Crippen LogP contribution in [0.15, 0.2) is 23.3 Å². The van der Waals surface area contributed by atoms with Crippen molar-refractivity contribution in [2.24, 2.45) is 0 Å². The molecule has 0 aliphatic heterocycles. The number of ether oxygens (including phenoxy) is 2. The second-order valence-corrected chi connectivity index (χ2v) is 3.96. The van der Waals surface area contributed by atoms with Gasteiger partial charge in [0.15, 0.2) is 0 Å². The number of carbonyl (C=O) groups is 1. The highest BCUT2D eigenvalue weighted by Gasteiger charge is 2.14.